The van der Waals surface area contributed by atoms with Crippen molar-refractivity contribution >= 4 is 41.3 Å². The minimum atomic E-state index is -2.29. The summed E-state index contributed by atoms with van der Waals surface area (Å²) in [5.41, 5.74) is 12.0. The van der Waals surface area contributed by atoms with E-state index in [9.17, 15) is 4.39 Å². The van der Waals surface area contributed by atoms with Crippen molar-refractivity contribution in [2.24, 2.45) is 11.3 Å². The first-order chi connectivity index (χ1) is 27.7. The van der Waals surface area contributed by atoms with E-state index in [1.807, 2.05) is 4.90 Å². The zero-order chi connectivity index (χ0) is 40.9. The van der Waals surface area contributed by atoms with Gasteiger partial charge in [-0.3, -0.25) is 9.88 Å². The molecule has 1 spiro atoms. The van der Waals surface area contributed by atoms with Gasteiger partial charge in [0.15, 0.2) is 5.82 Å². The van der Waals surface area contributed by atoms with Crippen LogP contribution in [0, 0.1) is 34.4 Å². The first kappa shape index (κ1) is 39.2. The monoisotopic (exact) mass is 812 g/mol. The van der Waals surface area contributed by atoms with Gasteiger partial charge in [-0.05, 0) is 83.4 Å². The van der Waals surface area contributed by atoms with Crippen LogP contribution in [-0.4, -0.2) is 85.1 Å². The van der Waals surface area contributed by atoms with Gasteiger partial charge in [0.05, 0.1) is 42.1 Å². The number of hydrogen-bond acceptors (Lipinski definition) is 8. The summed E-state index contributed by atoms with van der Waals surface area (Å²) in [5.74, 6) is 1.99. The second-order valence-corrected chi connectivity index (χ2v) is 23.9. The van der Waals surface area contributed by atoms with Crippen LogP contribution in [-0.2, 0) is 4.74 Å². The largest absolute Gasteiger partial charge is 0.461 e. The number of nitrogen functional groups attached to an aromatic ring is 1. The fourth-order valence-electron chi connectivity index (χ4n) is 11.3. The molecule has 2 saturated carbocycles. The predicted octanol–water partition coefficient (Wildman–Crippen LogP) is 9.31. The molecule has 2 aromatic carbocycles. The smallest absolute Gasteiger partial charge is 0.319 e. The number of hydrogen-bond donors (Lipinski definition) is 1. The molecule has 13 heteroatoms. The Balaban J connectivity index is 1.21. The van der Waals surface area contributed by atoms with E-state index in [1.54, 1.807) is 18.2 Å². The summed E-state index contributed by atoms with van der Waals surface area (Å²) in [6.07, 6.45) is 4.71. The van der Waals surface area contributed by atoms with Crippen molar-refractivity contribution in [2.75, 3.05) is 50.1 Å². The Kier molecular flexibility index (Phi) is 9.60. The Morgan fingerprint density at radius 3 is 2.52 bits per heavy atom. The SMILES string of the molecule is CC(C)[Si](C#Cc1c(F)ccc2cc(N)cc(-c3ncc4c(N5CCOC[C@H]6[C@H](F)[C@H]65)nc(OC[C@]56C/C(=C\F)CN5CCC65CC5)nc4c3F)c12)(C(C)C)C(C)C. The summed E-state index contributed by atoms with van der Waals surface area (Å²) in [6, 6.07) is 5.80. The van der Waals surface area contributed by atoms with Gasteiger partial charge < -0.3 is 20.1 Å². The number of nitrogens with two attached hydrogens (primary N) is 1. The third-order valence-electron chi connectivity index (χ3n) is 14.5. The lowest BCUT2D eigenvalue weighted by atomic mass is 9.80. The molecule has 306 valence electrons. The lowest BCUT2D eigenvalue weighted by Crippen LogP contribution is -2.49. The Morgan fingerprint density at radius 1 is 1.05 bits per heavy atom. The van der Waals surface area contributed by atoms with Gasteiger partial charge in [0.2, 0.25) is 0 Å². The number of rotatable bonds is 8. The highest BCUT2D eigenvalue weighted by molar-refractivity contribution is 6.90. The first-order valence-electron chi connectivity index (χ1n) is 20.8. The molecule has 3 aliphatic heterocycles. The highest BCUT2D eigenvalue weighted by atomic mass is 28.3. The number of fused-ring (bicyclic) bond motifs is 5. The normalized spacial score (nSPS) is 25.8. The van der Waals surface area contributed by atoms with Crippen molar-refractivity contribution in [3.8, 4) is 28.7 Å². The molecule has 5 heterocycles. The van der Waals surface area contributed by atoms with E-state index in [0.717, 1.165) is 31.4 Å². The summed E-state index contributed by atoms with van der Waals surface area (Å²) in [5, 5.41) is 1.31. The van der Waals surface area contributed by atoms with Crippen LogP contribution in [0.1, 0.15) is 72.8 Å². The van der Waals surface area contributed by atoms with Crippen molar-refractivity contribution in [2.45, 2.75) is 102 Å². The molecule has 2 aliphatic carbocycles. The number of halogens is 4. The van der Waals surface area contributed by atoms with Crippen LogP contribution in [0.3, 0.4) is 0 Å². The fourth-order valence-corrected chi connectivity index (χ4v) is 16.5. The molecule has 0 bridgehead atoms. The molecular weight excluding hydrogens is 761 g/mol. The van der Waals surface area contributed by atoms with Gasteiger partial charge in [-0.1, -0.05) is 53.5 Å². The maximum absolute atomic E-state index is 17.6. The molecule has 4 aromatic rings. The molecule has 5 fully saturated rings. The van der Waals surface area contributed by atoms with Crippen LogP contribution in [0.4, 0.5) is 29.1 Å². The molecule has 0 unspecified atom stereocenters. The van der Waals surface area contributed by atoms with Gasteiger partial charge in [0.1, 0.15) is 43.7 Å². The van der Waals surface area contributed by atoms with Gasteiger partial charge >= 0.3 is 6.01 Å². The van der Waals surface area contributed by atoms with E-state index in [1.165, 1.54) is 12.3 Å². The molecule has 0 radical (unpaired) electrons. The summed E-state index contributed by atoms with van der Waals surface area (Å²) < 4.78 is 75.2. The van der Waals surface area contributed by atoms with Gasteiger partial charge in [-0.15, -0.1) is 5.54 Å². The molecule has 0 amide bonds. The first-order valence-corrected chi connectivity index (χ1v) is 23.0. The van der Waals surface area contributed by atoms with E-state index in [2.05, 4.69) is 62.9 Å². The number of pyridine rings is 1. The zero-order valence-electron chi connectivity index (χ0n) is 34.1. The molecule has 8 nitrogen and oxygen atoms in total. The Morgan fingerprint density at radius 2 is 1.81 bits per heavy atom. The third kappa shape index (κ3) is 5.94. The third-order valence-corrected chi connectivity index (χ3v) is 20.8. The van der Waals surface area contributed by atoms with Crippen molar-refractivity contribution < 1.29 is 27.0 Å². The van der Waals surface area contributed by atoms with Gasteiger partial charge in [0.25, 0.3) is 0 Å². The molecule has 2 N–H and O–H groups in total. The van der Waals surface area contributed by atoms with E-state index in [4.69, 9.17) is 25.2 Å². The highest BCUT2D eigenvalue weighted by Gasteiger charge is 2.68. The summed E-state index contributed by atoms with van der Waals surface area (Å²) in [6.45, 7) is 15.7. The van der Waals surface area contributed by atoms with Crippen LogP contribution in [0.5, 0.6) is 6.01 Å². The maximum atomic E-state index is 17.6. The second kappa shape index (κ2) is 14.2. The van der Waals surface area contributed by atoms with E-state index in [0.29, 0.717) is 71.3 Å². The molecule has 9 rings (SSSR count). The molecule has 3 saturated heterocycles. The van der Waals surface area contributed by atoms with Gasteiger partial charge in [-0.2, -0.15) is 9.97 Å². The molecule has 5 aliphatic rings. The summed E-state index contributed by atoms with van der Waals surface area (Å²) in [7, 11) is -2.29. The van der Waals surface area contributed by atoms with Crippen LogP contribution in [0.2, 0.25) is 16.6 Å². The number of benzene rings is 2. The average molecular weight is 813 g/mol. The maximum Gasteiger partial charge on any atom is 0.319 e. The van der Waals surface area contributed by atoms with Crippen LogP contribution in [0.15, 0.2) is 42.4 Å². The summed E-state index contributed by atoms with van der Waals surface area (Å²) in [4.78, 5) is 18.4. The standard InChI is InChI=1S/C45H52F4N6O2Si/c1-25(2)58(26(3)4,27(5)6)16-9-31-35(47)8-7-29-17-30(50)18-32(36(29)31)39-38(49)40-33(21-51-39)42(55-14-15-56-23-34-37(48)41(34)55)53-43(52-40)57-24-45-19-28(20-46)22-54(45)13-12-44(45)10-11-44/h7-8,17-18,20-21,25-27,34,37,41H,10-15,19,22-24,50H2,1-6H3/b28-20+/t34-,37-,41-,45-/m0/s1. The predicted molar refractivity (Wildman–Crippen MR) is 223 cm³/mol. The molecular formula is C45H52F4N6O2Si. The topological polar surface area (TPSA) is 89.6 Å². The number of alkyl halides is 1. The van der Waals surface area contributed by atoms with E-state index < -0.39 is 37.5 Å². The Labute approximate surface area is 338 Å². The lowest BCUT2D eigenvalue weighted by Gasteiger charge is -2.38. The average Bonchev–Trinajstić information content (AvgIpc) is 4.06. The minimum absolute atomic E-state index is 0.0242. The second-order valence-electron chi connectivity index (χ2n) is 18.3. The van der Waals surface area contributed by atoms with Crippen molar-refractivity contribution in [1.82, 2.24) is 19.9 Å². The van der Waals surface area contributed by atoms with Crippen molar-refractivity contribution in [1.29, 1.82) is 0 Å². The molecule has 4 atom stereocenters. The lowest BCUT2D eigenvalue weighted by molar-refractivity contribution is 0.0649. The van der Waals surface area contributed by atoms with Crippen molar-refractivity contribution in [3.05, 3.63) is 59.6 Å². The quantitative estimate of drug-likeness (QED) is 0.0816. The van der Waals surface area contributed by atoms with Crippen LogP contribution >= 0.6 is 0 Å². The minimum Gasteiger partial charge on any atom is -0.461 e. The van der Waals surface area contributed by atoms with Gasteiger partial charge in [0, 0.05) is 41.8 Å². The fraction of sp³-hybridized carbons (Fsp3) is 0.533. The van der Waals surface area contributed by atoms with Gasteiger partial charge in [-0.25, -0.2) is 17.6 Å². The Bertz CT molecular complexity index is 2390. The van der Waals surface area contributed by atoms with Crippen LogP contribution in [0.25, 0.3) is 32.9 Å². The molecule has 2 aromatic heterocycles. The Hall–Kier alpha value is -4.25. The van der Waals surface area contributed by atoms with E-state index >= 15 is 13.2 Å². The highest BCUT2D eigenvalue weighted by Crippen LogP contribution is 2.66. The summed E-state index contributed by atoms with van der Waals surface area (Å²) >= 11 is 0. The van der Waals surface area contributed by atoms with Crippen molar-refractivity contribution in [3.63, 3.8) is 0 Å². The number of ether oxygens (including phenoxy) is 2. The zero-order valence-corrected chi connectivity index (χ0v) is 35.1. The number of nitrogens with zero attached hydrogens (tertiary/aromatic N) is 5. The van der Waals surface area contributed by atoms with Crippen LogP contribution < -0.4 is 15.4 Å². The molecule has 58 heavy (non-hydrogen) atoms. The number of anilines is 2. The number of aromatic nitrogens is 3. The van der Waals surface area contributed by atoms with E-state index in [-0.39, 0.29) is 58.3 Å².